The Labute approximate surface area is 102 Å². The van der Waals surface area contributed by atoms with E-state index >= 15 is 0 Å². The first kappa shape index (κ1) is 11.6. The van der Waals surface area contributed by atoms with Gasteiger partial charge >= 0.3 is 0 Å². The monoisotopic (exact) mass is 244 g/mol. The van der Waals surface area contributed by atoms with Gasteiger partial charge in [0.2, 0.25) is 0 Å². The molecule has 0 unspecified atom stereocenters. The minimum Gasteiger partial charge on any atom is -0.506 e. The number of non-ortho nitro benzene ring substituents is 1. The molecule has 18 heavy (non-hydrogen) atoms. The summed E-state index contributed by atoms with van der Waals surface area (Å²) in [6.07, 6.45) is 1.25. The molecule has 0 fully saturated rings. The van der Waals surface area contributed by atoms with Crippen molar-refractivity contribution in [3.8, 4) is 5.75 Å². The van der Waals surface area contributed by atoms with Crippen LogP contribution in [-0.4, -0.2) is 15.0 Å². The lowest BCUT2D eigenvalue weighted by Crippen LogP contribution is -1.85. The van der Waals surface area contributed by atoms with Crippen molar-refractivity contribution in [1.29, 1.82) is 0 Å². The number of pyridine rings is 1. The van der Waals surface area contributed by atoms with Crippen LogP contribution in [0.5, 0.6) is 5.75 Å². The second-order valence-corrected chi connectivity index (χ2v) is 3.35. The van der Waals surface area contributed by atoms with Gasteiger partial charge in [-0.1, -0.05) is 0 Å². The highest BCUT2D eigenvalue weighted by molar-refractivity contribution is 5.44. The van der Waals surface area contributed by atoms with Crippen LogP contribution in [0.4, 0.5) is 17.2 Å². The van der Waals surface area contributed by atoms with Crippen LogP contribution in [0.3, 0.4) is 0 Å². The number of aromatic hydroxyl groups is 1. The quantitative estimate of drug-likeness (QED) is 0.509. The lowest BCUT2D eigenvalue weighted by molar-refractivity contribution is -0.384. The summed E-state index contributed by atoms with van der Waals surface area (Å²) < 4.78 is 0. The maximum atomic E-state index is 10.4. The fraction of sp³-hybridized carbons (Fsp3) is 0. The number of nitrogens with zero attached hydrogens (tertiary/aromatic N) is 4. The molecular weight excluding hydrogens is 236 g/mol. The summed E-state index contributed by atoms with van der Waals surface area (Å²) in [6.45, 7) is 0. The van der Waals surface area contributed by atoms with E-state index in [1.807, 2.05) is 0 Å². The molecule has 1 aromatic heterocycles. The number of nitro benzene ring substituents is 1. The van der Waals surface area contributed by atoms with Gasteiger partial charge in [0.05, 0.1) is 16.8 Å². The number of hydrogen-bond acceptors (Lipinski definition) is 6. The first-order valence-electron chi connectivity index (χ1n) is 4.96. The van der Waals surface area contributed by atoms with Crippen LogP contribution < -0.4 is 0 Å². The molecule has 1 N–H and O–H groups in total. The number of rotatable bonds is 3. The summed E-state index contributed by atoms with van der Waals surface area (Å²) in [7, 11) is 0. The minimum atomic E-state index is -0.484. The summed E-state index contributed by atoms with van der Waals surface area (Å²) in [5.74, 6) is 0.385. The van der Waals surface area contributed by atoms with E-state index in [0.717, 1.165) is 0 Å². The zero-order chi connectivity index (χ0) is 13.0. The van der Waals surface area contributed by atoms with Crippen molar-refractivity contribution in [3.63, 3.8) is 0 Å². The van der Waals surface area contributed by atoms with Gasteiger partial charge in [-0.2, -0.15) is 0 Å². The molecule has 0 aliphatic carbocycles. The highest BCUT2D eigenvalue weighted by atomic mass is 16.6. The third kappa shape index (κ3) is 2.85. The van der Waals surface area contributed by atoms with Gasteiger partial charge in [0.1, 0.15) is 5.75 Å². The van der Waals surface area contributed by atoms with E-state index in [4.69, 9.17) is 5.11 Å². The number of aromatic nitrogens is 1. The maximum absolute atomic E-state index is 10.4. The molecule has 0 aliphatic rings. The fourth-order valence-corrected chi connectivity index (χ4v) is 1.19. The Bertz CT molecular complexity index is 578. The van der Waals surface area contributed by atoms with Crippen molar-refractivity contribution < 1.29 is 10.0 Å². The summed E-state index contributed by atoms with van der Waals surface area (Å²) in [5, 5.41) is 27.2. The molecule has 0 atom stereocenters. The van der Waals surface area contributed by atoms with E-state index in [-0.39, 0.29) is 11.4 Å². The van der Waals surface area contributed by atoms with Crippen molar-refractivity contribution in [2.24, 2.45) is 10.2 Å². The van der Waals surface area contributed by atoms with E-state index in [1.165, 1.54) is 42.6 Å². The number of azo groups is 1. The highest BCUT2D eigenvalue weighted by Crippen LogP contribution is 2.20. The highest BCUT2D eigenvalue weighted by Gasteiger charge is 2.03. The molecule has 2 rings (SSSR count). The molecule has 0 radical (unpaired) electrons. The normalized spacial score (nSPS) is 10.7. The molecule has 1 aromatic carbocycles. The van der Waals surface area contributed by atoms with Crippen molar-refractivity contribution in [2.75, 3.05) is 0 Å². The van der Waals surface area contributed by atoms with Crippen LogP contribution >= 0.6 is 0 Å². The number of benzene rings is 1. The standard InChI is InChI=1S/C11H8N4O3/c16-10-5-6-11(12-7-10)14-13-8-1-3-9(4-2-8)15(17)18/h1-7,16H. The largest absolute Gasteiger partial charge is 0.506 e. The van der Waals surface area contributed by atoms with Crippen LogP contribution in [0.15, 0.2) is 52.8 Å². The molecule has 0 bridgehead atoms. The van der Waals surface area contributed by atoms with Gasteiger partial charge in [-0.15, -0.1) is 10.2 Å². The predicted octanol–water partition coefficient (Wildman–Crippen LogP) is 3.11. The van der Waals surface area contributed by atoms with E-state index in [0.29, 0.717) is 11.5 Å². The van der Waals surface area contributed by atoms with Gasteiger partial charge in [0.25, 0.3) is 5.69 Å². The molecule has 1 heterocycles. The molecular formula is C11H8N4O3. The van der Waals surface area contributed by atoms with E-state index in [1.54, 1.807) is 0 Å². The summed E-state index contributed by atoms with van der Waals surface area (Å²) in [6, 6.07) is 8.61. The molecule has 0 spiro atoms. The molecule has 7 heteroatoms. The Morgan fingerprint density at radius 1 is 1.11 bits per heavy atom. The van der Waals surface area contributed by atoms with Crippen molar-refractivity contribution in [3.05, 3.63) is 52.7 Å². The van der Waals surface area contributed by atoms with Crippen LogP contribution in [0, 0.1) is 10.1 Å². The maximum Gasteiger partial charge on any atom is 0.269 e. The molecule has 2 aromatic rings. The van der Waals surface area contributed by atoms with Crippen molar-refractivity contribution in [1.82, 2.24) is 4.98 Å². The molecule has 0 aliphatic heterocycles. The number of nitro groups is 1. The first-order chi connectivity index (χ1) is 8.65. The first-order valence-corrected chi connectivity index (χ1v) is 4.96. The zero-order valence-electron chi connectivity index (χ0n) is 9.09. The molecule has 0 saturated carbocycles. The minimum absolute atomic E-state index is 0.00305. The van der Waals surface area contributed by atoms with Crippen molar-refractivity contribution >= 4 is 17.2 Å². The van der Waals surface area contributed by atoms with Crippen LogP contribution in [-0.2, 0) is 0 Å². The van der Waals surface area contributed by atoms with Gasteiger partial charge < -0.3 is 5.11 Å². The van der Waals surface area contributed by atoms with Gasteiger partial charge in [-0.05, 0) is 24.3 Å². The lowest BCUT2D eigenvalue weighted by atomic mass is 10.3. The zero-order valence-corrected chi connectivity index (χ0v) is 9.09. The Morgan fingerprint density at radius 3 is 2.39 bits per heavy atom. The third-order valence-corrected chi connectivity index (χ3v) is 2.06. The van der Waals surface area contributed by atoms with Gasteiger partial charge in [-0.25, -0.2) is 4.98 Å². The summed E-state index contributed by atoms with van der Waals surface area (Å²) >= 11 is 0. The Morgan fingerprint density at radius 2 is 1.83 bits per heavy atom. The lowest BCUT2D eigenvalue weighted by Gasteiger charge is -1.93. The number of hydrogen-bond donors (Lipinski definition) is 1. The Balaban J connectivity index is 2.13. The second kappa shape index (κ2) is 5.00. The topological polar surface area (TPSA) is 101 Å². The van der Waals surface area contributed by atoms with E-state index in [9.17, 15) is 10.1 Å². The predicted molar refractivity (Wildman–Crippen MR) is 63.2 cm³/mol. The fourth-order valence-electron chi connectivity index (χ4n) is 1.19. The van der Waals surface area contributed by atoms with Gasteiger partial charge in [0.15, 0.2) is 5.82 Å². The average Bonchev–Trinajstić information content (AvgIpc) is 2.38. The van der Waals surface area contributed by atoms with Gasteiger partial charge in [0, 0.05) is 12.1 Å². The molecule has 0 amide bonds. The second-order valence-electron chi connectivity index (χ2n) is 3.35. The SMILES string of the molecule is O=[N+]([O-])c1ccc(N=Nc2ccc(O)cn2)cc1. The third-order valence-electron chi connectivity index (χ3n) is 2.06. The Hall–Kier alpha value is -2.83. The summed E-state index contributed by atoms with van der Waals surface area (Å²) in [4.78, 5) is 13.8. The summed E-state index contributed by atoms with van der Waals surface area (Å²) in [5.41, 5.74) is 0.479. The molecule has 7 nitrogen and oxygen atoms in total. The van der Waals surface area contributed by atoms with E-state index in [2.05, 4.69) is 15.2 Å². The van der Waals surface area contributed by atoms with Gasteiger partial charge in [-0.3, -0.25) is 10.1 Å². The smallest absolute Gasteiger partial charge is 0.269 e. The van der Waals surface area contributed by atoms with Crippen LogP contribution in [0.1, 0.15) is 0 Å². The van der Waals surface area contributed by atoms with Crippen molar-refractivity contribution in [2.45, 2.75) is 0 Å². The Kier molecular flexibility index (Phi) is 3.24. The average molecular weight is 244 g/mol. The van der Waals surface area contributed by atoms with E-state index < -0.39 is 4.92 Å². The van der Waals surface area contributed by atoms with Crippen LogP contribution in [0.2, 0.25) is 0 Å². The molecule has 90 valence electrons. The van der Waals surface area contributed by atoms with Crippen LogP contribution in [0.25, 0.3) is 0 Å². The molecule has 0 saturated heterocycles.